The van der Waals surface area contributed by atoms with Crippen molar-refractivity contribution in [3.63, 3.8) is 0 Å². The molecule has 0 bridgehead atoms. The van der Waals surface area contributed by atoms with E-state index in [-0.39, 0.29) is 22.3 Å². The molecule has 0 radical (unpaired) electrons. The molecular formula is C18H17BrFN7O. The lowest BCUT2D eigenvalue weighted by molar-refractivity contribution is 0.171. The van der Waals surface area contributed by atoms with Crippen molar-refractivity contribution >= 4 is 27.6 Å². The molecule has 0 saturated heterocycles. The van der Waals surface area contributed by atoms with Crippen LogP contribution in [0.15, 0.2) is 35.3 Å². The number of fused-ring (bicyclic) bond motifs is 1. The van der Waals surface area contributed by atoms with Crippen molar-refractivity contribution in [2.45, 2.75) is 32.4 Å². The van der Waals surface area contributed by atoms with Crippen LogP contribution in [0.1, 0.15) is 31.0 Å². The molecule has 0 unspecified atom stereocenters. The molecule has 8 nitrogen and oxygen atoms in total. The number of amides is 2. The molecule has 2 amide bonds. The Hall–Kier alpha value is -2.88. The van der Waals surface area contributed by atoms with Gasteiger partial charge in [0.05, 0.1) is 17.9 Å². The summed E-state index contributed by atoms with van der Waals surface area (Å²) in [5.41, 5.74) is 2.50. The van der Waals surface area contributed by atoms with Gasteiger partial charge in [-0.3, -0.25) is 5.10 Å². The van der Waals surface area contributed by atoms with E-state index in [1.165, 1.54) is 12.3 Å². The predicted octanol–water partition coefficient (Wildman–Crippen LogP) is 3.70. The van der Waals surface area contributed by atoms with E-state index in [4.69, 9.17) is 0 Å². The Balaban J connectivity index is 1.65. The largest absolute Gasteiger partial charge is 0.322 e. The van der Waals surface area contributed by atoms with Gasteiger partial charge < -0.3 is 10.2 Å². The summed E-state index contributed by atoms with van der Waals surface area (Å²) in [5, 5.41) is 10.1. The number of carbonyl (C=O) groups is 1. The number of aromatic nitrogens is 5. The van der Waals surface area contributed by atoms with E-state index in [2.05, 4.69) is 46.4 Å². The van der Waals surface area contributed by atoms with Gasteiger partial charge in [-0.2, -0.15) is 5.10 Å². The minimum Gasteiger partial charge on any atom is -0.317 e. The highest BCUT2D eigenvalue weighted by atomic mass is 79.9. The Labute approximate surface area is 168 Å². The first kappa shape index (κ1) is 18.5. The maximum absolute atomic E-state index is 14.2. The smallest absolute Gasteiger partial charge is 0.317 e. The Morgan fingerprint density at radius 3 is 2.79 bits per heavy atom. The summed E-state index contributed by atoms with van der Waals surface area (Å²) in [6.45, 7) is 4.26. The number of carbonyl (C=O) groups excluding carboxylic acids is 1. The van der Waals surface area contributed by atoms with E-state index < -0.39 is 11.8 Å². The fraction of sp³-hybridized carbons (Fsp3) is 0.278. The summed E-state index contributed by atoms with van der Waals surface area (Å²) in [6, 6.07) is 2.62. The Morgan fingerprint density at radius 2 is 2.04 bits per heavy atom. The maximum atomic E-state index is 14.2. The third-order valence-corrected chi connectivity index (χ3v) is 5.57. The topological polar surface area (TPSA) is 99.7 Å². The van der Waals surface area contributed by atoms with E-state index >= 15 is 0 Å². The van der Waals surface area contributed by atoms with Gasteiger partial charge in [0.15, 0.2) is 11.6 Å². The summed E-state index contributed by atoms with van der Waals surface area (Å²) >= 11 is 3.03. The van der Waals surface area contributed by atoms with Gasteiger partial charge in [0.2, 0.25) is 0 Å². The Bertz CT molecular complexity index is 1030. The summed E-state index contributed by atoms with van der Waals surface area (Å²) in [4.78, 5) is 26.9. The highest BCUT2D eigenvalue weighted by Crippen LogP contribution is 2.36. The number of pyridine rings is 1. The number of H-pyrrole nitrogens is 1. The molecule has 2 N–H and O–H groups in total. The first-order valence-electron chi connectivity index (χ1n) is 8.69. The molecule has 4 heterocycles. The average Bonchev–Trinajstić information content (AvgIpc) is 3.13. The molecular weight excluding hydrogens is 429 g/mol. The number of nitrogens with one attached hydrogen (secondary N) is 2. The third-order valence-electron chi connectivity index (χ3n) is 5.01. The number of hydrogen-bond donors (Lipinski definition) is 2. The fourth-order valence-electron chi connectivity index (χ4n) is 3.30. The molecule has 1 aliphatic heterocycles. The summed E-state index contributed by atoms with van der Waals surface area (Å²) in [6.07, 6.45) is 4.72. The molecule has 28 heavy (non-hydrogen) atoms. The van der Waals surface area contributed by atoms with Crippen molar-refractivity contribution in [3.05, 3.63) is 52.4 Å². The van der Waals surface area contributed by atoms with Crippen LogP contribution in [0, 0.1) is 5.82 Å². The monoisotopic (exact) mass is 445 g/mol. The van der Waals surface area contributed by atoms with Crippen LogP contribution in [0.2, 0.25) is 0 Å². The molecule has 0 aromatic carbocycles. The van der Waals surface area contributed by atoms with Gasteiger partial charge >= 0.3 is 6.03 Å². The lowest BCUT2D eigenvalue weighted by Crippen LogP contribution is -2.46. The number of halogens is 2. The molecule has 0 saturated carbocycles. The van der Waals surface area contributed by atoms with Crippen molar-refractivity contribution in [2.75, 3.05) is 5.32 Å². The zero-order valence-corrected chi connectivity index (χ0v) is 16.7. The van der Waals surface area contributed by atoms with E-state index in [9.17, 15) is 9.18 Å². The zero-order chi connectivity index (χ0) is 19.8. The van der Waals surface area contributed by atoms with Crippen molar-refractivity contribution in [1.29, 1.82) is 0 Å². The second-order valence-corrected chi connectivity index (χ2v) is 7.34. The standard InChI is InChI=1S/C18H17BrFN7O/c1-9-10(2)27(18(28)24-12-4-7-21-16(19)13(12)20)8-11-14(9)25-26-15(11)17-22-5-3-6-23-17/h3-7,9-10H,8H2,1-2H3,(H,25,26)(H,21,24,28)/t9-,10+/m0/s1. The van der Waals surface area contributed by atoms with Crippen LogP contribution in [0.3, 0.4) is 0 Å². The van der Waals surface area contributed by atoms with Gasteiger partial charge in [-0.15, -0.1) is 0 Å². The molecule has 0 spiro atoms. The van der Waals surface area contributed by atoms with Crippen LogP contribution in [0.25, 0.3) is 11.5 Å². The van der Waals surface area contributed by atoms with Crippen molar-refractivity contribution in [1.82, 2.24) is 30.0 Å². The van der Waals surface area contributed by atoms with Gasteiger partial charge in [-0.05, 0) is 35.0 Å². The second kappa shape index (κ2) is 7.27. The minimum atomic E-state index is -0.615. The number of nitrogens with zero attached hydrogens (tertiary/aromatic N) is 5. The fourth-order valence-corrected chi connectivity index (χ4v) is 3.63. The van der Waals surface area contributed by atoms with Crippen molar-refractivity contribution < 1.29 is 9.18 Å². The Morgan fingerprint density at radius 1 is 1.29 bits per heavy atom. The average molecular weight is 446 g/mol. The molecule has 1 aliphatic rings. The lowest BCUT2D eigenvalue weighted by Gasteiger charge is -2.37. The number of hydrogen-bond acceptors (Lipinski definition) is 5. The summed E-state index contributed by atoms with van der Waals surface area (Å²) in [7, 11) is 0. The number of rotatable bonds is 2. The van der Waals surface area contributed by atoms with E-state index in [0.29, 0.717) is 18.1 Å². The Kier molecular flexibility index (Phi) is 4.80. The van der Waals surface area contributed by atoms with Crippen LogP contribution >= 0.6 is 15.9 Å². The van der Waals surface area contributed by atoms with Crippen LogP contribution < -0.4 is 5.32 Å². The minimum absolute atomic E-state index is 0.0164. The van der Waals surface area contributed by atoms with Crippen molar-refractivity contribution in [2.24, 2.45) is 0 Å². The van der Waals surface area contributed by atoms with Gasteiger partial charge in [-0.25, -0.2) is 24.1 Å². The normalized spacial score (nSPS) is 18.6. The van der Waals surface area contributed by atoms with Crippen LogP contribution in [-0.2, 0) is 6.54 Å². The molecule has 2 atom stereocenters. The third kappa shape index (κ3) is 3.13. The molecule has 4 rings (SSSR count). The SMILES string of the molecule is C[C@@H]1c2n[nH]c(-c3ncccn3)c2CN(C(=O)Nc2ccnc(Br)c2F)[C@@H]1C. The van der Waals surface area contributed by atoms with Gasteiger partial charge in [0.1, 0.15) is 10.3 Å². The molecule has 0 aliphatic carbocycles. The number of anilines is 1. The number of aromatic amines is 1. The van der Waals surface area contributed by atoms with Crippen LogP contribution in [-0.4, -0.2) is 42.1 Å². The quantitative estimate of drug-likeness (QED) is 0.585. The van der Waals surface area contributed by atoms with E-state index in [1.54, 1.807) is 23.4 Å². The molecule has 144 valence electrons. The van der Waals surface area contributed by atoms with Gasteiger partial charge in [0.25, 0.3) is 0 Å². The second-order valence-electron chi connectivity index (χ2n) is 6.59. The zero-order valence-electron chi connectivity index (χ0n) is 15.1. The maximum Gasteiger partial charge on any atom is 0.322 e. The predicted molar refractivity (Wildman–Crippen MR) is 104 cm³/mol. The molecule has 3 aromatic rings. The van der Waals surface area contributed by atoms with Crippen molar-refractivity contribution in [3.8, 4) is 11.5 Å². The molecule has 3 aromatic heterocycles. The highest BCUT2D eigenvalue weighted by Gasteiger charge is 2.36. The summed E-state index contributed by atoms with van der Waals surface area (Å²) in [5.74, 6) is -0.115. The molecule has 10 heteroatoms. The lowest BCUT2D eigenvalue weighted by atomic mass is 9.90. The van der Waals surface area contributed by atoms with Crippen LogP contribution in [0.4, 0.5) is 14.9 Å². The highest BCUT2D eigenvalue weighted by molar-refractivity contribution is 9.10. The van der Waals surface area contributed by atoms with Crippen LogP contribution in [0.5, 0.6) is 0 Å². The first-order valence-corrected chi connectivity index (χ1v) is 9.48. The van der Waals surface area contributed by atoms with Gasteiger partial charge in [-0.1, -0.05) is 6.92 Å². The summed E-state index contributed by atoms with van der Waals surface area (Å²) < 4.78 is 14.3. The van der Waals surface area contributed by atoms with Gasteiger partial charge in [0, 0.05) is 36.1 Å². The van der Waals surface area contributed by atoms with E-state index in [0.717, 1.165) is 11.3 Å². The molecule has 0 fully saturated rings. The number of urea groups is 1. The van der Waals surface area contributed by atoms with E-state index in [1.807, 2.05) is 13.8 Å². The first-order chi connectivity index (χ1) is 13.5.